The van der Waals surface area contributed by atoms with Crippen LogP contribution in [0.15, 0.2) is 18.6 Å². The SMILES string of the molecule is O=C(C1NCC12CCCC2)N1CCN(CCc2cnccn2)CC1. The van der Waals surface area contributed by atoms with Crippen molar-refractivity contribution in [3.05, 3.63) is 24.3 Å². The highest BCUT2D eigenvalue weighted by Gasteiger charge is 2.52. The third-order valence-electron chi connectivity index (χ3n) is 6.10. The highest BCUT2D eigenvalue weighted by atomic mass is 16.2. The van der Waals surface area contributed by atoms with Gasteiger partial charge in [-0.2, -0.15) is 0 Å². The first-order chi connectivity index (χ1) is 11.8. The number of carbonyl (C=O) groups is 1. The van der Waals surface area contributed by atoms with Crippen LogP contribution in [-0.2, 0) is 11.2 Å². The lowest BCUT2D eigenvalue weighted by atomic mass is 9.71. The van der Waals surface area contributed by atoms with E-state index >= 15 is 0 Å². The van der Waals surface area contributed by atoms with E-state index in [4.69, 9.17) is 0 Å². The van der Waals surface area contributed by atoms with Gasteiger partial charge in [0.25, 0.3) is 0 Å². The topological polar surface area (TPSA) is 61.4 Å². The summed E-state index contributed by atoms with van der Waals surface area (Å²) < 4.78 is 0. The first kappa shape index (κ1) is 16.0. The summed E-state index contributed by atoms with van der Waals surface area (Å²) in [5, 5.41) is 3.41. The van der Waals surface area contributed by atoms with Gasteiger partial charge in [0, 0.05) is 69.7 Å². The number of aromatic nitrogens is 2. The molecule has 3 heterocycles. The molecule has 1 aromatic rings. The van der Waals surface area contributed by atoms with E-state index in [1.807, 2.05) is 6.20 Å². The molecule has 24 heavy (non-hydrogen) atoms. The van der Waals surface area contributed by atoms with E-state index < -0.39 is 0 Å². The van der Waals surface area contributed by atoms with Crippen LogP contribution in [0.4, 0.5) is 0 Å². The van der Waals surface area contributed by atoms with Crippen LogP contribution in [0.2, 0.25) is 0 Å². The zero-order valence-electron chi connectivity index (χ0n) is 14.3. The van der Waals surface area contributed by atoms with Crippen molar-refractivity contribution >= 4 is 5.91 Å². The normalized spacial score (nSPS) is 26.5. The molecule has 1 atom stereocenters. The Morgan fingerprint density at radius 1 is 1.21 bits per heavy atom. The van der Waals surface area contributed by atoms with Gasteiger partial charge in [0.15, 0.2) is 0 Å². The van der Waals surface area contributed by atoms with E-state index in [1.165, 1.54) is 25.7 Å². The Balaban J connectivity index is 1.25. The van der Waals surface area contributed by atoms with Gasteiger partial charge < -0.3 is 10.2 Å². The number of hydrogen-bond donors (Lipinski definition) is 1. The van der Waals surface area contributed by atoms with Gasteiger partial charge in [0.05, 0.1) is 11.7 Å². The third kappa shape index (κ3) is 3.05. The van der Waals surface area contributed by atoms with Crippen LogP contribution in [0.5, 0.6) is 0 Å². The highest BCUT2D eigenvalue weighted by molar-refractivity contribution is 5.84. The molecule has 2 saturated heterocycles. The molecule has 3 fully saturated rings. The molecule has 0 bridgehead atoms. The molecule has 0 radical (unpaired) electrons. The van der Waals surface area contributed by atoms with Crippen LogP contribution < -0.4 is 5.32 Å². The van der Waals surface area contributed by atoms with E-state index in [1.54, 1.807) is 12.4 Å². The van der Waals surface area contributed by atoms with E-state index in [0.29, 0.717) is 11.3 Å². The Hall–Kier alpha value is -1.53. The average Bonchev–Trinajstić information content (AvgIpc) is 3.13. The van der Waals surface area contributed by atoms with Gasteiger partial charge in [-0.1, -0.05) is 12.8 Å². The molecule has 1 aromatic heterocycles. The molecule has 130 valence electrons. The van der Waals surface area contributed by atoms with Crippen molar-refractivity contribution in [1.29, 1.82) is 0 Å². The van der Waals surface area contributed by atoms with Crippen LogP contribution in [0, 0.1) is 5.41 Å². The minimum absolute atomic E-state index is 0.0890. The molecule has 4 rings (SSSR count). The number of nitrogens with one attached hydrogen (secondary N) is 1. The minimum Gasteiger partial charge on any atom is -0.339 e. The Bertz CT molecular complexity index is 564. The van der Waals surface area contributed by atoms with E-state index in [2.05, 4.69) is 25.1 Å². The van der Waals surface area contributed by atoms with Gasteiger partial charge in [-0.15, -0.1) is 0 Å². The van der Waals surface area contributed by atoms with E-state index in [0.717, 1.165) is 51.4 Å². The van der Waals surface area contributed by atoms with Gasteiger partial charge in [-0.3, -0.25) is 19.7 Å². The summed E-state index contributed by atoms with van der Waals surface area (Å²) in [6.07, 6.45) is 11.3. The monoisotopic (exact) mass is 329 g/mol. The Morgan fingerprint density at radius 2 is 2.00 bits per heavy atom. The predicted molar refractivity (Wildman–Crippen MR) is 91.4 cm³/mol. The summed E-state index contributed by atoms with van der Waals surface area (Å²) >= 11 is 0. The second kappa shape index (κ2) is 6.76. The lowest BCUT2D eigenvalue weighted by molar-refractivity contribution is -0.143. The highest BCUT2D eigenvalue weighted by Crippen LogP contribution is 2.46. The summed E-state index contributed by atoms with van der Waals surface area (Å²) in [6, 6.07) is 0.0890. The lowest BCUT2D eigenvalue weighted by Crippen LogP contribution is -2.68. The molecule has 1 amide bonds. The van der Waals surface area contributed by atoms with E-state index in [9.17, 15) is 4.79 Å². The maximum Gasteiger partial charge on any atom is 0.240 e. The molecule has 6 heteroatoms. The van der Waals surface area contributed by atoms with Gasteiger partial charge in [0.2, 0.25) is 5.91 Å². The average molecular weight is 329 g/mol. The molecule has 1 saturated carbocycles. The molecule has 3 aliphatic rings. The standard InChI is InChI=1S/C18H27N5O/c24-17(16-18(14-21-16)4-1-2-5-18)23-11-9-22(10-12-23)8-3-15-13-19-6-7-20-15/h6-7,13,16,21H,1-5,8-12,14H2. The van der Waals surface area contributed by atoms with Crippen LogP contribution in [0.3, 0.4) is 0 Å². The molecular formula is C18H27N5O. The molecule has 1 unspecified atom stereocenters. The Labute approximate surface area is 143 Å². The fourth-order valence-electron chi connectivity index (χ4n) is 4.49. The molecule has 1 spiro atoms. The summed E-state index contributed by atoms with van der Waals surface area (Å²) in [5.41, 5.74) is 1.33. The fraction of sp³-hybridized carbons (Fsp3) is 0.722. The number of piperazine rings is 1. The number of rotatable bonds is 4. The maximum atomic E-state index is 12.9. The van der Waals surface area contributed by atoms with Crippen molar-refractivity contribution < 1.29 is 4.79 Å². The summed E-state index contributed by atoms with van der Waals surface area (Å²) in [4.78, 5) is 25.8. The fourth-order valence-corrected chi connectivity index (χ4v) is 4.49. The van der Waals surface area contributed by atoms with Crippen LogP contribution in [0.1, 0.15) is 31.4 Å². The number of nitrogens with zero attached hydrogens (tertiary/aromatic N) is 4. The zero-order chi connectivity index (χ0) is 16.4. The van der Waals surface area contributed by atoms with Crippen molar-refractivity contribution in [2.24, 2.45) is 5.41 Å². The number of hydrogen-bond acceptors (Lipinski definition) is 5. The van der Waals surface area contributed by atoms with Crippen molar-refractivity contribution in [3.63, 3.8) is 0 Å². The van der Waals surface area contributed by atoms with Crippen molar-refractivity contribution in [1.82, 2.24) is 25.1 Å². The van der Waals surface area contributed by atoms with Crippen LogP contribution >= 0.6 is 0 Å². The first-order valence-corrected chi connectivity index (χ1v) is 9.26. The maximum absolute atomic E-state index is 12.9. The van der Waals surface area contributed by atoms with Gasteiger partial charge >= 0.3 is 0 Å². The quantitative estimate of drug-likeness (QED) is 0.881. The third-order valence-corrected chi connectivity index (χ3v) is 6.10. The second-order valence-corrected chi connectivity index (χ2v) is 7.50. The second-order valence-electron chi connectivity index (χ2n) is 7.50. The number of amides is 1. The van der Waals surface area contributed by atoms with Crippen molar-refractivity contribution in [3.8, 4) is 0 Å². The molecule has 1 aliphatic carbocycles. The zero-order valence-corrected chi connectivity index (χ0v) is 14.3. The molecular weight excluding hydrogens is 302 g/mol. The van der Waals surface area contributed by atoms with Gasteiger partial charge in [-0.05, 0) is 12.8 Å². The molecule has 2 aliphatic heterocycles. The summed E-state index contributed by atoms with van der Waals surface area (Å²) in [5.74, 6) is 0.344. The lowest BCUT2D eigenvalue weighted by Gasteiger charge is -2.49. The smallest absolute Gasteiger partial charge is 0.240 e. The van der Waals surface area contributed by atoms with Crippen molar-refractivity contribution in [2.75, 3.05) is 39.3 Å². The molecule has 0 aromatic carbocycles. The summed E-state index contributed by atoms with van der Waals surface area (Å²) in [6.45, 7) is 5.67. The van der Waals surface area contributed by atoms with Crippen LogP contribution in [0.25, 0.3) is 0 Å². The van der Waals surface area contributed by atoms with Gasteiger partial charge in [0.1, 0.15) is 0 Å². The Kier molecular flexibility index (Phi) is 4.50. The predicted octanol–water partition coefficient (Wildman–Crippen LogP) is 0.696. The first-order valence-electron chi connectivity index (χ1n) is 9.26. The minimum atomic E-state index is 0.0890. The largest absolute Gasteiger partial charge is 0.339 e. The van der Waals surface area contributed by atoms with Crippen LogP contribution in [-0.4, -0.2) is 71.0 Å². The Morgan fingerprint density at radius 3 is 2.62 bits per heavy atom. The van der Waals surface area contributed by atoms with E-state index in [-0.39, 0.29) is 6.04 Å². The molecule has 1 N–H and O–H groups in total. The van der Waals surface area contributed by atoms with Crippen molar-refractivity contribution in [2.45, 2.75) is 38.1 Å². The van der Waals surface area contributed by atoms with Gasteiger partial charge in [-0.25, -0.2) is 0 Å². The molecule has 6 nitrogen and oxygen atoms in total. The number of carbonyl (C=O) groups excluding carboxylic acids is 1. The summed E-state index contributed by atoms with van der Waals surface area (Å²) in [7, 11) is 0.